The van der Waals surface area contributed by atoms with Gasteiger partial charge in [0.2, 0.25) is 0 Å². The Hall–Kier alpha value is -6.00. The van der Waals surface area contributed by atoms with Crippen molar-refractivity contribution >= 4 is 94.2 Å². The van der Waals surface area contributed by atoms with Gasteiger partial charge < -0.3 is 4.90 Å². The molecule has 0 fully saturated rings. The summed E-state index contributed by atoms with van der Waals surface area (Å²) in [6.07, 6.45) is 5.61. The Morgan fingerprint density at radius 3 is 2.04 bits per heavy atom. The average Bonchev–Trinajstić information content (AvgIpc) is 3.60. The minimum Gasteiger partial charge on any atom is -0.311 e. The highest BCUT2D eigenvalue weighted by molar-refractivity contribution is 7.26. The normalized spacial score (nSPS) is 14.1. The van der Waals surface area contributed by atoms with Gasteiger partial charge in [0.1, 0.15) is 0 Å². The minimum atomic E-state index is -2.90. The van der Waals surface area contributed by atoms with Crippen LogP contribution in [0.2, 0.25) is 0 Å². The summed E-state index contributed by atoms with van der Waals surface area (Å²) >= 11 is 1.90. The number of fused-ring (bicyclic) bond motifs is 6. The van der Waals surface area contributed by atoms with Gasteiger partial charge in [-0.15, -0.1) is 11.3 Å². The first-order valence-corrected chi connectivity index (χ1v) is 20.9. The smallest absolute Gasteiger partial charge is 0.184 e. The fourth-order valence-corrected chi connectivity index (χ4v) is 15.8. The highest BCUT2D eigenvalue weighted by Gasteiger charge is 2.50. The summed E-state index contributed by atoms with van der Waals surface area (Å²) in [7, 11) is -2.90. The summed E-state index contributed by atoms with van der Waals surface area (Å²) in [5, 5.41) is 11.1. The van der Waals surface area contributed by atoms with E-state index in [0.29, 0.717) is 0 Å². The van der Waals surface area contributed by atoms with Crippen LogP contribution in [0.15, 0.2) is 182 Å². The molecule has 2 aliphatic rings. The van der Waals surface area contributed by atoms with Crippen molar-refractivity contribution in [3.63, 3.8) is 0 Å². The lowest BCUT2D eigenvalue weighted by atomic mass is 9.91. The molecule has 9 aromatic rings. The van der Waals surface area contributed by atoms with E-state index < -0.39 is 8.07 Å². The van der Waals surface area contributed by atoms with Crippen LogP contribution in [0, 0.1) is 0 Å². The van der Waals surface area contributed by atoms with Crippen molar-refractivity contribution in [2.24, 2.45) is 0 Å². The number of hydrogen-bond donors (Lipinski definition) is 0. The van der Waals surface area contributed by atoms with Crippen LogP contribution in [0.1, 0.15) is 11.1 Å². The van der Waals surface area contributed by atoms with E-state index in [1.165, 1.54) is 91.0 Å². The number of thiophene rings is 1. The summed E-state index contributed by atoms with van der Waals surface area (Å²) in [4.78, 5) is 2.58. The molecule has 11 rings (SSSR count). The third-order valence-electron chi connectivity index (χ3n) is 11.3. The molecule has 3 heteroatoms. The summed E-state index contributed by atoms with van der Waals surface area (Å²) < 4.78 is 2.67. The van der Waals surface area contributed by atoms with E-state index in [0.717, 1.165) is 6.42 Å². The Kier molecular flexibility index (Phi) is 6.57. The molecule has 0 N–H and O–H groups in total. The van der Waals surface area contributed by atoms with Gasteiger partial charge in [0.05, 0.1) is 0 Å². The highest BCUT2D eigenvalue weighted by atomic mass is 32.1. The molecule has 0 radical (unpaired) electrons. The van der Waals surface area contributed by atoms with Crippen LogP contribution in [0.25, 0.3) is 48.1 Å². The fraction of sp³-hybridized carbons (Fsp3) is 0.0204. The Balaban J connectivity index is 1.31. The van der Waals surface area contributed by atoms with Crippen molar-refractivity contribution in [1.82, 2.24) is 0 Å². The molecule has 0 bridgehead atoms. The fourth-order valence-electron chi connectivity index (χ4n) is 9.24. The first-order valence-electron chi connectivity index (χ1n) is 18.1. The number of allylic oxidation sites excluding steroid dienone is 1. The Morgan fingerprint density at radius 2 is 1.25 bits per heavy atom. The molecule has 0 saturated carbocycles. The Bertz CT molecular complexity index is 2830. The molecule has 0 amide bonds. The standard InChI is InChI=1S/C49H33NSSi/c1-4-18-36(19-5-1)50-43-31-34(39-25-14-26-41-40-24-10-11-28-45(40)51-48(39)41)29-30-46(43)52(37-20-6-2-7-21-37,38-22-8-3-9-23-38)49-42-27-13-16-33-15-12-17-35(47(33)42)32-44(49)50/h1-26,28-32H,27H2. The first kappa shape index (κ1) is 29.7. The predicted molar refractivity (Wildman–Crippen MR) is 227 cm³/mol. The van der Waals surface area contributed by atoms with E-state index in [2.05, 4.69) is 193 Å². The predicted octanol–water partition coefficient (Wildman–Crippen LogP) is 10.6. The molecular weight excluding hydrogens is 663 g/mol. The molecule has 8 aromatic carbocycles. The number of benzene rings is 8. The minimum absolute atomic E-state index is 0.912. The van der Waals surface area contributed by atoms with E-state index >= 15 is 0 Å². The third-order valence-corrected chi connectivity index (χ3v) is 17.5. The lowest BCUT2D eigenvalue weighted by molar-refractivity contribution is 1.26. The number of para-hydroxylation sites is 1. The largest absolute Gasteiger partial charge is 0.311 e. The van der Waals surface area contributed by atoms with E-state index in [9.17, 15) is 0 Å². The van der Waals surface area contributed by atoms with Gasteiger partial charge in [-0.2, -0.15) is 0 Å². The molecule has 0 unspecified atom stereocenters. The van der Waals surface area contributed by atoms with E-state index in [4.69, 9.17) is 0 Å². The first-order chi connectivity index (χ1) is 25.8. The van der Waals surface area contributed by atoms with Crippen LogP contribution in [-0.4, -0.2) is 8.07 Å². The van der Waals surface area contributed by atoms with E-state index in [1.807, 2.05) is 11.3 Å². The van der Waals surface area contributed by atoms with E-state index in [1.54, 1.807) is 0 Å². The lowest BCUT2D eigenvalue weighted by Crippen LogP contribution is -2.77. The molecular formula is C49H33NSSi. The van der Waals surface area contributed by atoms with Crippen LogP contribution in [0.3, 0.4) is 0 Å². The van der Waals surface area contributed by atoms with Gasteiger partial charge in [0, 0.05) is 37.2 Å². The van der Waals surface area contributed by atoms with Crippen LogP contribution >= 0.6 is 11.3 Å². The quantitative estimate of drug-likeness (QED) is 0.166. The average molecular weight is 696 g/mol. The van der Waals surface area contributed by atoms with Gasteiger partial charge in [0.15, 0.2) is 8.07 Å². The SMILES string of the molecule is C1=Cc2cccc3cc4c(c(c23)C1)[Si](c1ccccc1)(c1ccccc1)c1ccc(-c2cccc3c2sc2ccccc23)cc1N4c1ccccc1. The molecule has 1 nitrogen and oxygen atoms in total. The third kappa shape index (κ3) is 4.15. The zero-order chi connectivity index (χ0) is 34.2. The van der Waals surface area contributed by atoms with Crippen LogP contribution in [-0.2, 0) is 6.42 Å². The van der Waals surface area contributed by atoms with Crippen LogP contribution < -0.4 is 25.6 Å². The van der Waals surface area contributed by atoms with Crippen molar-refractivity contribution in [2.45, 2.75) is 6.42 Å². The molecule has 0 saturated heterocycles. The molecule has 1 aliphatic carbocycles. The number of nitrogens with zero attached hydrogens (tertiary/aromatic N) is 1. The maximum atomic E-state index is 2.58. The monoisotopic (exact) mass is 695 g/mol. The molecule has 1 aliphatic heterocycles. The summed E-state index contributed by atoms with van der Waals surface area (Å²) in [5.41, 5.74) is 9.06. The topological polar surface area (TPSA) is 3.24 Å². The second-order valence-corrected chi connectivity index (χ2v) is 18.7. The number of rotatable bonds is 4. The maximum absolute atomic E-state index is 2.90. The van der Waals surface area contributed by atoms with Gasteiger partial charge in [0.25, 0.3) is 0 Å². The van der Waals surface area contributed by atoms with Gasteiger partial charge in [-0.1, -0.05) is 158 Å². The van der Waals surface area contributed by atoms with E-state index in [-0.39, 0.29) is 0 Å². The van der Waals surface area contributed by atoms with Gasteiger partial charge in [-0.3, -0.25) is 0 Å². The van der Waals surface area contributed by atoms with Gasteiger partial charge in [-0.05, 0) is 90.5 Å². The van der Waals surface area contributed by atoms with Crippen molar-refractivity contribution in [2.75, 3.05) is 4.90 Å². The summed E-state index contributed by atoms with van der Waals surface area (Å²) in [6.45, 7) is 0. The second-order valence-electron chi connectivity index (χ2n) is 14.0. The van der Waals surface area contributed by atoms with Gasteiger partial charge >= 0.3 is 0 Å². The lowest BCUT2D eigenvalue weighted by Gasteiger charge is -2.47. The Morgan fingerprint density at radius 1 is 0.558 bits per heavy atom. The summed E-state index contributed by atoms with van der Waals surface area (Å²) in [5.74, 6) is 0. The zero-order valence-corrected chi connectivity index (χ0v) is 30.3. The number of anilines is 3. The van der Waals surface area contributed by atoms with Crippen molar-refractivity contribution in [3.8, 4) is 11.1 Å². The maximum Gasteiger partial charge on any atom is 0.184 e. The molecule has 0 spiro atoms. The van der Waals surface area contributed by atoms with Crippen LogP contribution in [0.4, 0.5) is 17.1 Å². The van der Waals surface area contributed by atoms with Crippen molar-refractivity contribution < 1.29 is 0 Å². The van der Waals surface area contributed by atoms with Crippen LogP contribution in [0.5, 0.6) is 0 Å². The van der Waals surface area contributed by atoms with Crippen molar-refractivity contribution in [1.29, 1.82) is 0 Å². The Labute approximate surface area is 308 Å². The second kappa shape index (κ2) is 11.5. The highest BCUT2D eigenvalue weighted by Crippen LogP contribution is 2.45. The van der Waals surface area contributed by atoms with Gasteiger partial charge in [-0.25, -0.2) is 0 Å². The molecule has 0 atom stereocenters. The molecule has 52 heavy (non-hydrogen) atoms. The molecule has 1 aromatic heterocycles. The zero-order valence-electron chi connectivity index (χ0n) is 28.5. The van der Waals surface area contributed by atoms with Crippen molar-refractivity contribution in [3.05, 3.63) is 193 Å². The molecule has 2 heterocycles. The molecule has 244 valence electrons. The number of hydrogen-bond acceptors (Lipinski definition) is 2. The summed E-state index contributed by atoms with van der Waals surface area (Å²) in [6, 6.07) is 66.3.